The van der Waals surface area contributed by atoms with Crippen molar-refractivity contribution < 1.29 is 5.11 Å². The molecule has 1 saturated heterocycles. The van der Waals surface area contributed by atoms with Crippen LogP contribution in [0.4, 0.5) is 0 Å². The molecule has 1 aromatic rings. The molecule has 9 heteroatoms. The van der Waals surface area contributed by atoms with Crippen LogP contribution in [0, 0.1) is 5.92 Å². The second kappa shape index (κ2) is 13.9. The third kappa shape index (κ3) is 10.0. The number of nitrogens with one attached hydrogen (secondary N) is 2. The number of likely N-dealkylation sites (N-methyl/N-ethyl adjacent to an activating group) is 1. The molecule has 1 fully saturated rings. The van der Waals surface area contributed by atoms with Gasteiger partial charge in [-0.05, 0) is 43.7 Å². The number of aliphatic imine (C=N–C) groups is 1. The molecule has 0 aliphatic carbocycles. The quantitative estimate of drug-likeness (QED) is 0.260. The van der Waals surface area contributed by atoms with Crippen LogP contribution in [0.3, 0.4) is 0 Å². The van der Waals surface area contributed by atoms with Crippen molar-refractivity contribution in [3.8, 4) is 0 Å². The zero-order valence-corrected chi connectivity index (χ0v) is 21.3. The predicted molar refractivity (Wildman–Crippen MR) is 134 cm³/mol. The number of aliphatic hydroxyl groups excluding tert-OH is 1. The van der Waals surface area contributed by atoms with Crippen LogP contribution in [0.5, 0.6) is 0 Å². The van der Waals surface area contributed by atoms with Crippen molar-refractivity contribution in [2.24, 2.45) is 10.9 Å². The molecule has 1 aromatic carbocycles. The van der Waals surface area contributed by atoms with Gasteiger partial charge >= 0.3 is 0 Å². The Bertz CT molecular complexity index is 621. The Labute approximate surface area is 202 Å². The third-order valence-electron chi connectivity index (χ3n) is 4.80. The normalized spacial score (nSPS) is 18.1. The summed E-state index contributed by atoms with van der Waals surface area (Å²) < 4.78 is 0. The molecule has 0 bridgehead atoms. The van der Waals surface area contributed by atoms with E-state index in [1.807, 2.05) is 6.92 Å². The first-order valence-electron chi connectivity index (χ1n) is 9.94. The Morgan fingerprint density at radius 1 is 1.14 bits per heavy atom. The number of hydrogen-bond acceptors (Lipinski definition) is 4. The fourth-order valence-corrected chi connectivity index (χ4v) is 3.74. The van der Waals surface area contributed by atoms with E-state index in [-0.39, 0.29) is 24.0 Å². The molecule has 0 aromatic heterocycles. The van der Waals surface area contributed by atoms with Crippen LogP contribution in [-0.2, 0) is 0 Å². The third-order valence-corrected chi connectivity index (χ3v) is 5.24. The molecule has 0 radical (unpaired) electrons. The first kappa shape index (κ1) is 26.7. The maximum atomic E-state index is 10.4. The van der Waals surface area contributed by atoms with E-state index in [1.165, 1.54) is 0 Å². The summed E-state index contributed by atoms with van der Waals surface area (Å²) in [6.45, 7) is 11.6. The maximum absolute atomic E-state index is 10.4. The van der Waals surface area contributed by atoms with Crippen molar-refractivity contribution >= 4 is 53.1 Å². The lowest BCUT2D eigenvalue weighted by molar-refractivity contribution is 0.140. The van der Waals surface area contributed by atoms with Gasteiger partial charge in [-0.2, -0.15) is 0 Å². The highest BCUT2D eigenvalue weighted by atomic mass is 127. The van der Waals surface area contributed by atoms with Gasteiger partial charge < -0.3 is 25.5 Å². The van der Waals surface area contributed by atoms with Crippen LogP contribution in [-0.4, -0.2) is 80.3 Å². The topological polar surface area (TPSA) is 63.1 Å². The molecule has 29 heavy (non-hydrogen) atoms. The molecule has 1 aliphatic heterocycles. The summed E-state index contributed by atoms with van der Waals surface area (Å²) in [6, 6.07) is 5.10. The minimum atomic E-state index is -0.720. The van der Waals surface area contributed by atoms with E-state index in [9.17, 15) is 5.11 Å². The van der Waals surface area contributed by atoms with Crippen molar-refractivity contribution in [1.82, 2.24) is 20.4 Å². The van der Waals surface area contributed by atoms with Gasteiger partial charge in [-0.3, -0.25) is 4.99 Å². The van der Waals surface area contributed by atoms with Crippen molar-refractivity contribution in [2.75, 3.05) is 59.4 Å². The predicted octanol–water partition coefficient (Wildman–Crippen LogP) is 3.08. The molecule has 6 nitrogen and oxygen atoms in total. The van der Waals surface area contributed by atoms with Crippen molar-refractivity contribution in [3.63, 3.8) is 0 Å². The van der Waals surface area contributed by atoms with Gasteiger partial charge in [-0.25, -0.2) is 0 Å². The van der Waals surface area contributed by atoms with Gasteiger partial charge in [0.25, 0.3) is 0 Å². The number of nitrogens with zero attached hydrogens (tertiary/aromatic N) is 3. The summed E-state index contributed by atoms with van der Waals surface area (Å²) in [5, 5.41) is 17.9. The van der Waals surface area contributed by atoms with Crippen molar-refractivity contribution in [1.29, 1.82) is 0 Å². The molecule has 3 N–H and O–H groups in total. The number of piperazine rings is 1. The number of halogens is 3. The smallest absolute Gasteiger partial charge is 0.191 e. The van der Waals surface area contributed by atoms with E-state index >= 15 is 0 Å². The van der Waals surface area contributed by atoms with Crippen LogP contribution in [0.2, 0.25) is 10.0 Å². The first-order chi connectivity index (χ1) is 13.4. The highest BCUT2D eigenvalue weighted by Crippen LogP contribution is 2.23. The Balaban J connectivity index is 0.00000420. The summed E-state index contributed by atoms with van der Waals surface area (Å²) in [5.41, 5.74) is 0.685. The van der Waals surface area contributed by atoms with Gasteiger partial charge in [0, 0.05) is 62.4 Å². The molecule has 1 heterocycles. The molecule has 0 spiro atoms. The highest BCUT2D eigenvalue weighted by Gasteiger charge is 2.16. The van der Waals surface area contributed by atoms with E-state index in [0.29, 0.717) is 34.0 Å². The molecule has 2 atom stereocenters. The molecule has 2 rings (SSSR count). The summed E-state index contributed by atoms with van der Waals surface area (Å²) in [4.78, 5) is 9.56. The van der Waals surface area contributed by atoms with Gasteiger partial charge in [0.1, 0.15) is 0 Å². The van der Waals surface area contributed by atoms with Crippen LogP contribution in [0.25, 0.3) is 0 Å². The first-order valence-corrected chi connectivity index (χ1v) is 10.7. The largest absolute Gasteiger partial charge is 0.387 e. The summed E-state index contributed by atoms with van der Waals surface area (Å²) in [5.74, 6) is 1.18. The molecule has 0 saturated carbocycles. The lowest BCUT2D eigenvalue weighted by Gasteiger charge is -2.33. The fraction of sp³-hybridized carbons (Fsp3) is 0.650. The molecule has 166 valence electrons. The fourth-order valence-electron chi connectivity index (χ4n) is 3.20. The number of benzene rings is 1. The highest BCUT2D eigenvalue weighted by molar-refractivity contribution is 14.0. The second-order valence-electron chi connectivity index (χ2n) is 7.53. The Morgan fingerprint density at radius 2 is 1.76 bits per heavy atom. The van der Waals surface area contributed by atoms with Crippen LogP contribution in [0.1, 0.15) is 25.5 Å². The minimum absolute atomic E-state index is 0. The van der Waals surface area contributed by atoms with E-state index in [1.54, 1.807) is 18.2 Å². The molecule has 2 unspecified atom stereocenters. The molecular formula is C20H34Cl2IN5O. The van der Waals surface area contributed by atoms with Gasteiger partial charge in [0.15, 0.2) is 5.96 Å². The van der Waals surface area contributed by atoms with Gasteiger partial charge in [0.2, 0.25) is 0 Å². The lowest BCUT2D eigenvalue weighted by atomic mass is 10.1. The molecule has 1 aliphatic rings. The second-order valence-corrected chi connectivity index (χ2v) is 8.40. The molecule has 0 amide bonds. The Kier molecular flexibility index (Phi) is 12.8. The standard InChI is InChI=1S/C20H33Cl2N5O.HI/c1-4-23-20(24-12-15(2)14-27-7-5-26(3)6-8-27)25-13-19(28)16-9-17(21)11-18(22)10-16;/h9-11,15,19,28H,4-8,12-14H2,1-3H3,(H2,23,24,25);1H. The summed E-state index contributed by atoms with van der Waals surface area (Å²) in [6.07, 6.45) is -0.720. The van der Waals surface area contributed by atoms with E-state index in [4.69, 9.17) is 23.2 Å². The Morgan fingerprint density at radius 3 is 2.34 bits per heavy atom. The number of rotatable bonds is 8. The van der Waals surface area contributed by atoms with E-state index in [0.717, 1.165) is 45.8 Å². The van der Waals surface area contributed by atoms with Crippen molar-refractivity contribution in [3.05, 3.63) is 33.8 Å². The summed E-state index contributed by atoms with van der Waals surface area (Å²) >= 11 is 12.0. The zero-order chi connectivity index (χ0) is 20.5. The van der Waals surface area contributed by atoms with Crippen LogP contribution >= 0.6 is 47.2 Å². The van der Waals surface area contributed by atoms with Crippen molar-refractivity contribution in [2.45, 2.75) is 20.0 Å². The number of aliphatic hydroxyl groups is 1. The number of hydrogen-bond donors (Lipinski definition) is 3. The van der Waals surface area contributed by atoms with Crippen LogP contribution in [0.15, 0.2) is 23.2 Å². The lowest BCUT2D eigenvalue weighted by Crippen LogP contribution is -2.46. The van der Waals surface area contributed by atoms with E-state index in [2.05, 4.69) is 39.4 Å². The summed E-state index contributed by atoms with van der Waals surface area (Å²) in [7, 11) is 2.17. The maximum Gasteiger partial charge on any atom is 0.191 e. The monoisotopic (exact) mass is 557 g/mol. The average Bonchev–Trinajstić information content (AvgIpc) is 2.65. The number of guanidine groups is 1. The minimum Gasteiger partial charge on any atom is -0.387 e. The van der Waals surface area contributed by atoms with Gasteiger partial charge in [-0.15, -0.1) is 24.0 Å². The van der Waals surface area contributed by atoms with E-state index < -0.39 is 6.10 Å². The van der Waals surface area contributed by atoms with Gasteiger partial charge in [0.05, 0.1) is 6.10 Å². The average molecular weight is 558 g/mol. The Hall–Kier alpha value is -0.320. The zero-order valence-electron chi connectivity index (χ0n) is 17.5. The SMILES string of the molecule is CCNC(=NCC(C)CN1CCN(C)CC1)NCC(O)c1cc(Cl)cc(Cl)c1.I. The van der Waals surface area contributed by atoms with Gasteiger partial charge in [-0.1, -0.05) is 30.1 Å². The molecular weight excluding hydrogens is 524 g/mol. The van der Waals surface area contributed by atoms with Crippen LogP contribution < -0.4 is 10.6 Å².